The number of carbonyl (C=O) groups is 6. The van der Waals surface area contributed by atoms with Crippen LogP contribution in [0.2, 0.25) is 0 Å². The van der Waals surface area contributed by atoms with Crippen LogP contribution in [0.5, 0.6) is 0 Å². The number of nitrogens with zero attached hydrogens (tertiary/aromatic N) is 1. The first-order chi connectivity index (χ1) is 44.8. The summed E-state index contributed by atoms with van der Waals surface area (Å²) in [5.74, 6) is 5.43. The smallest absolute Gasteiger partial charge is 0.319 e. The molecule has 0 aliphatic heterocycles. The molecule has 0 saturated heterocycles. The molecule has 15 nitrogen and oxygen atoms in total. The molecule has 532 valence electrons. The number of anilines is 1. The Bertz CT molecular complexity index is 2910. The lowest BCUT2D eigenvalue weighted by Gasteiger charge is -2.22. The Labute approximate surface area is 615 Å². The second-order valence-corrected chi connectivity index (χ2v) is 28.5. The van der Waals surface area contributed by atoms with E-state index < -0.39 is 6.04 Å². The van der Waals surface area contributed by atoms with E-state index in [-0.39, 0.29) is 114 Å². The molecule has 4 aromatic rings. The van der Waals surface area contributed by atoms with E-state index >= 15 is 0 Å². The van der Waals surface area contributed by atoms with Crippen molar-refractivity contribution >= 4 is 148 Å². The van der Waals surface area contributed by atoms with Crippen LogP contribution in [0.15, 0.2) is 77.8 Å². The van der Waals surface area contributed by atoms with Crippen LogP contribution in [-0.4, -0.2) is 116 Å². The summed E-state index contributed by atoms with van der Waals surface area (Å²) in [7, 11) is 0. The van der Waals surface area contributed by atoms with Crippen LogP contribution < -0.4 is 42.5 Å². The lowest BCUT2D eigenvalue weighted by Crippen LogP contribution is -2.50. The number of amides is 3. The van der Waals surface area contributed by atoms with Crippen molar-refractivity contribution < 1.29 is 28.8 Å². The van der Waals surface area contributed by atoms with Crippen LogP contribution in [0, 0.1) is 23.7 Å². The highest BCUT2D eigenvalue weighted by atomic mass is 32.1. The molecule has 4 aromatic carbocycles. The second kappa shape index (κ2) is 49.2. The van der Waals surface area contributed by atoms with Gasteiger partial charge in [0.25, 0.3) is 5.91 Å². The van der Waals surface area contributed by atoms with Gasteiger partial charge in [0, 0.05) is 138 Å². The van der Waals surface area contributed by atoms with Crippen LogP contribution >= 0.6 is 101 Å². The van der Waals surface area contributed by atoms with E-state index in [0.29, 0.717) is 58.9 Å². The molecular formula is C72H115N9O6S8. The van der Waals surface area contributed by atoms with Crippen LogP contribution in [0.25, 0.3) is 0 Å². The minimum absolute atomic E-state index is 0.00439. The van der Waals surface area contributed by atoms with Gasteiger partial charge >= 0.3 is 6.03 Å². The van der Waals surface area contributed by atoms with Crippen molar-refractivity contribution in [1.29, 1.82) is 0 Å². The van der Waals surface area contributed by atoms with E-state index in [1.165, 1.54) is 16.7 Å². The molecule has 95 heavy (non-hydrogen) atoms. The standard InChI is InChI=1S/C18H29N3O2S2.C18H28N2O2S2.C18H30N2OS2.C18H28N2OS2/c1-11(2)17(22)16(20-12(3)4)8-19-18(23)21-15-6-13(9-24)5-14(7-15)10-25;1-11(2)17(21)16(20-12(3)4)8-19-18(22)15-6-13(9-23)5-14(7-15)10-24;2*1-12(2)18(21)17(20-13(3)4)9-19-8-14-5-15(10-22)7-16(6-14)11-23/h5-7,11-12,16,20,24-25H,8-10H2,1-4H3,(H2,19,21,23);5-7,11-12,16,20,23-24H,8-10H2,1-4H3,(H,19,22);5-7,12-13,17,19-20,22-23H,8-11H2,1-4H3;5-8,12-13,17,20,22-23H,9-11H2,1-4H3. The number of thiol groups is 8. The second-order valence-electron chi connectivity index (χ2n) is 26.0. The van der Waals surface area contributed by atoms with Gasteiger partial charge in [0.05, 0.1) is 30.7 Å². The molecule has 0 saturated carbocycles. The zero-order chi connectivity index (χ0) is 72.1. The zero-order valence-electron chi connectivity index (χ0n) is 59.1. The Morgan fingerprint density at radius 1 is 0.368 bits per heavy atom. The number of Topliss-reactive ketones (excluding diaryl/α,β-unsaturated/α-hetero) is 4. The summed E-state index contributed by atoms with van der Waals surface area (Å²) >= 11 is 34.5. The van der Waals surface area contributed by atoms with Crippen molar-refractivity contribution in [2.24, 2.45) is 28.7 Å². The van der Waals surface area contributed by atoms with Crippen molar-refractivity contribution in [2.75, 3.05) is 31.5 Å². The fourth-order valence-electron chi connectivity index (χ4n) is 9.73. The lowest BCUT2D eigenvalue weighted by atomic mass is 10.0. The maximum absolute atomic E-state index is 12.5. The number of nitrogens with one attached hydrogen (secondary N) is 8. The third-order valence-electron chi connectivity index (χ3n) is 14.2. The molecule has 4 rings (SSSR count). The Morgan fingerprint density at radius 3 is 1.01 bits per heavy atom. The average molecular weight is 1460 g/mol. The first kappa shape index (κ1) is 89.6. The summed E-state index contributed by atoms with van der Waals surface area (Å²) < 4.78 is 0. The van der Waals surface area contributed by atoms with Crippen LogP contribution in [0.1, 0.15) is 177 Å². The van der Waals surface area contributed by atoms with Gasteiger partial charge < -0.3 is 42.5 Å². The van der Waals surface area contributed by atoms with E-state index in [2.05, 4.69) is 199 Å². The third kappa shape index (κ3) is 37.0. The van der Waals surface area contributed by atoms with E-state index in [1.54, 1.807) is 0 Å². The van der Waals surface area contributed by atoms with Gasteiger partial charge in [0.15, 0.2) is 23.1 Å². The number of hydrogen-bond donors (Lipinski definition) is 16. The Morgan fingerprint density at radius 2 is 0.663 bits per heavy atom. The van der Waals surface area contributed by atoms with Gasteiger partial charge in [-0.25, -0.2) is 4.79 Å². The SMILES string of the molecule is CC(C)NC(CN=Cc1cc(CS)cc(CS)c1)C(=O)C(C)C.CC(C)NC(CNC(=O)Nc1cc(CS)cc(CS)c1)C(=O)C(C)C.CC(C)NC(CNC(=O)c1cc(CS)cc(CS)c1)C(=O)C(C)C.CC(C)NC(CNCc1cc(CS)cc(CS)c1)C(=O)C(C)C. The third-order valence-corrected chi connectivity index (χ3v) is 17.1. The molecule has 0 aliphatic carbocycles. The van der Waals surface area contributed by atoms with Crippen LogP contribution in [0.4, 0.5) is 10.5 Å². The molecule has 0 radical (unpaired) electrons. The zero-order valence-corrected chi connectivity index (χ0v) is 66.3. The summed E-state index contributed by atoms with van der Waals surface area (Å²) in [6.07, 6.45) is 1.84. The first-order valence-corrected chi connectivity index (χ1v) is 37.9. The summed E-state index contributed by atoms with van der Waals surface area (Å²) in [6.45, 7) is 33.7. The predicted molar refractivity (Wildman–Crippen MR) is 428 cm³/mol. The number of carbonyl (C=O) groups excluding carboxylic acids is 6. The lowest BCUT2D eigenvalue weighted by molar-refractivity contribution is -0.124. The number of aliphatic imine (C=N–C) groups is 1. The molecule has 0 spiro atoms. The first-order valence-electron chi connectivity index (χ1n) is 32.9. The van der Waals surface area contributed by atoms with Crippen molar-refractivity contribution in [3.63, 3.8) is 0 Å². The molecule has 0 fully saturated rings. The highest BCUT2D eigenvalue weighted by Crippen LogP contribution is 2.20. The van der Waals surface area contributed by atoms with Crippen molar-refractivity contribution in [3.8, 4) is 0 Å². The molecular weight excluding hydrogens is 1340 g/mol. The minimum Gasteiger partial charge on any atom is -0.350 e. The van der Waals surface area contributed by atoms with Crippen LogP contribution in [-0.2, 0) is 71.7 Å². The summed E-state index contributed by atoms with van der Waals surface area (Å²) in [5, 5.41) is 25.0. The van der Waals surface area contributed by atoms with Crippen LogP contribution in [0.3, 0.4) is 0 Å². The van der Waals surface area contributed by atoms with Gasteiger partial charge in [-0.3, -0.25) is 29.0 Å². The predicted octanol–water partition coefficient (Wildman–Crippen LogP) is 12.9. The molecule has 4 unspecified atom stereocenters. The van der Waals surface area contributed by atoms with Gasteiger partial charge in [0.1, 0.15) is 0 Å². The number of ketones is 4. The quantitative estimate of drug-likeness (QED) is 0.0151. The summed E-state index contributed by atoms with van der Waals surface area (Å²) in [4.78, 5) is 78.3. The number of hydrogen-bond acceptors (Lipinski definition) is 20. The van der Waals surface area contributed by atoms with E-state index in [1.807, 2.05) is 140 Å². The maximum atomic E-state index is 12.5. The number of urea groups is 1. The summed E-state index contributed by atoms with van der Waals surface area (Å²) in [6, 6.07) is 23.4. The molecule has 0 bridgehead atoms. The summed E-state index contributed by atoms with van der Waals surface area (Å²) in [5.41, 5.74) is 12.2. The molecule has 23 heteroatoms. The number of benzene rings is 4. The highest BCUT2D eigenvalue weighted by Gasteiger charge is 2.26. The average Bonchev–Trinajstić information content (AvgIpc) is 0.954. The molecule has 0 aromatic heterocycles. The maximum Gasteiger partial charge on any atom is 0.319 e. The highest BCUT2D eigenvalue weighted by molar-refractivity contribution is 7.80. The Kier molecular flexibility index (Phi) is 46.4. The van der Waals surface area contributed by atoms with Crippen molar-refractivity contribution in [3.05, 3.63) is 134 Å². The topological polar surface area (TPSA) is 211 Å². The normalized spacial score (nSPS) is 12.7. The van der Waals surface area contributed by atoms with Gasteiger partial charge in [-0.2, -0.15) is 101 Å². The van der Waals surface area contributed by atoms with Gasteiger partial charge in [0.2, 0.25) is 0 Å². The van der Waals surface area contributed by atoms with Gasteiger partial charge in [-0.05, 0) is 92.0 Å². The Balaban J connectivity index is 0.000000634. The van der Waals surface area contributed by atoms with Gasteiger partial charge in [-0.1, -0.05) is 147 Å². The molecule has 0 heterocycles. The molecule has 4 atom stereocenters. The van der Waals surface area contributed by atoms with E-state index in [4.69, 9.17) is 0 Å². The fourth-order valence-corrected chi connectivity index (χ4v) is 11.2. The van der Waals surface area contributed by atoms with E-state index in [9.17, 15) is 28.8 Å². The Hall–Kier alpha value is -3.43. The van der Waals surface area contributed by atoms with Crippen molar-refractivity contribution in [1.82, 2.24) is 37.2 Å². The van der Waals surface area contributed by atoms with Gasteiger partial charge in [-0.15, -0.1) is 0 Å². The molecule has 3 amide bonds. The largest absolute Gasteiger partial charge is 0.350 e. The molecule has 0 aliphatic rings. The monoisotopic (exact) mass is 1460 g/mol. The molecule has 8 N–H and O–H groups in total. The van der Waals surface area contributed by atoms with Crippen molar-refractivity contribution in [2.45, 2.75) is 212 Å². The number of rotatable bonds is 37. The van der Waals surface area contributed by atoms with E-state index in [0.717, 1.165) is 57.0 Å². The fraction of sp³-hybridized carbons (Fsp3) is 0.569. The minimum atomic E-state index is -0.400.